The Morgan fingerprint density at radius 2 is 1.74 bits per heavy atom. The Bertz CT molecular complexity index is 1280. The molecule has 1 N–H and O–H groups in total. The highest BCUT2D eigenvalue weighted by molar-refractivity contribution is 7.89. The zero-order chi connectivity index (χ0) is 22.0. The van der Waals surface area contributed by atoms with Crippen molar-refractivity contribution in [3.8, 4) is 5.75 Å². The van der Waals surface area contributed by atoms with Gasteiger partial charge in [-0.1, -0.05) is 0 Å². The molecule has 0 spiro atoms. The third-order valence-corrected chi connectivity index (χ3v) is 7.23. The first-order valence-corrected chi connectivity index (χ1v) is 11.4. The van der Waals surface area contributed by atoms with Gasteiger partial charge in [0.1, 0.15) is 12.3 Å². The first kappa shape index (κ1) is 21.1. The van der Waals surface area contributed by atoms with Gasteiger partial charge in [-0.2, -0.15) is 4.31 Å². The molecule has 8 nitrogen and oxygen atoms in total. The highest BCUT2D eigenvalue weighted by atomic mass is 32.2. The molecule has 162 valence electrons. The number of fused-ring (bicyclic) bond motifs is 1. The molecule has 2 aromatic carbocycles. The molecule has 1 aliphatic heterocycles. The predicted octanol–water partition coefficient (Wildman–Crippen LogP) is 2.43. The van der Waals surface area contributed by atoms with Gasteiger partial charge in [0.25, 0.3) is 5.56 Å². The summed E-state index contributed by atoms with van der Waals surface area (Å²) in [4.78, 5) is 25.2. The molecule has 4 rings (SSSR count). The van der Waals surface area contributed by atoms with Crippen molar-refractivity contribution < 1.29 is 17.9 Å². The number of sulfonamides is 1. The van der Waals surface area contributed by atoms with Crippen molar-refractivity contribution in [1.82, 2.24) is 8.87 Å². The van der Waals surface area contributed by atoms with Gasteiger partial charge in [0.05, 0.1) is 17.5 Å². The number of nitrogens with zero attached hydrogens (tertiary/aromatic N) is 2. The molecule has 31 heavy (non-hydrogen) atoms. The lowest BCUT2D eigenvalue weighted by Crippen LogP contribution is -2.28. The number of amides is 1. The Balaban J connectivity index is 1.60. The average molecular weight is 442 g/mol. The zero-order valence-corrected chi connectivity index (χ0v) is 17.9. The average Bonchev–Trinajstić information content (AvgIpc) is 3.32. The molecule has 1 saturated heterocycles. The van der Waals surface area contributed by atoms with Crippen LogP contribution < -0.4 is 15.6 Å². The fourth-order valence-corrected chi connectivity index (χ4v) is 5.25. The highest BCUT2D eigenvalue weighted by Gasteiger charge is 2.27. The molecule has 0 unspecified atom stereocenters. The van der Waals surface area contributed by atoms with E-state index in [1.54, 1.807) is 49.6 Å². The van der Waals surface area contributed by atoms with Gasteiger partial charge in [-0.3, -0.25) is 14.2 Å². The van der Waals surface area contributed by atoms with Crippen LogP contribution in [0, 0.1) is 0 Å². The lowest BCUT2D eigenvalue weighted by molar-refractivity contribution is -0.116. The van der Waals surface area contributed by atoms with E-state index in [1.807, 2.05) is 0 Å². The predicted molar refractivity (Wildman–Crippen MR) is 118 cm³/mol. The standard InChI is InChI=1S/C22H23N3O5S/c1-30-18-7-5-17(6-8-18)23-21(26)15-25-20-10-9-19(14-16(20)4-11-22(25)27)31(28,29)24-12-2-3-13-24/h4-11,14H,2-3,12-13,15H2,1H3,(H,23,26). The van der Waals surface area contributed by atoms with E-state index in [-0.39, 0.29) is 22.9 Å². The van der Waals surface area contributed by atoms with Crippen molar-refractivity contribution in [2.24, 2.45) is 0 Å². The summed E-state index contributed by atoms with van der Waals surface area (Å²) < 4.78 is 33.6. The van der Waals surface area contributed by atoms with Gasteiger partial charge in [-0.25, -0.2) is 8.42 Å². The van der Waals surface area contributed by atoms with E-state index in [0.717, 1.165) is 12.8 Å². The van der Waals surface area contributed by atoms with Crippen LogP contribution in [0.2, 0.25) is 0 Å². The third kappa shape index (κ3) is 4.33. The van der Waals surface area contributed by atoms with Crippen molar-refractivity contribution in [1.29, 1.82) is 0 Å². The number of methoxy groups -OCH3 is 1. The van der Waals surface area contributed by atoms with Gasteiger partial charge >= 0.3 is 0 Å². The fraction of sp³-hybridized carbons (Fsp3) is 0.273. The summed E-state index contributed by atoms with van der Waals surface area (Å²) in [7, 11) is -2.01. The molecular weight excluding hydrogens is 418 g/mol. The van der Waals surface area contributed by atoms with Gasteiger partial charge in [0.15, 0.2) is 0 Å². The summed E-state index contributed by atoms with van der Waals surface area (Å²) in [6, 6.07) is 14.4. The lowest BCUT2D eigenvalue weighted by atomic mass is 10.2. The van der Waals surface area contributed by atoms with E-state index in [9.17, 15) is 18.0 Å². The molecule has 0 aliphatic carbocycles. The van der Waals surface area contributed by atoms with Crippen LogP contribution >= 0.6 is 0 Å². The van der Waals surface area contributed by atoms with E-state index in [0.29, 0.717) is 35.4 Å². The summed E-state index contributed by atoms with van der Waals surface area (Å²) in [5.41, 5.74) is 0.739. The molecule has 1 aliphatic rings. The minimum absolute atomic E-state index is 0.190. The maximum atomic E-state index is 12.8. The number of carbonyl (C=O) groups excluding carboxylic acids is 1. The Labute approximate surface area is 180 Å². The Morgan fingerprint density at radius 1 is 1.03 bits per heavy atom. The summed E-state index contributed by atoms with van der Waals surface area (Å²) in [6.07, 6.45) is 1.71. The topological polar surface area (TPSA) is 97.7 Å². The fourth-order valence-electron chi connectivity index (χ4n) is 3.70. The Hall–Kier alpha value is -3.17. The summed E-state index contributed by atoms with van der Waals surface area (Å²) in [5, 5.41) is 3.33. The number of benzene rings is 2. The first-order chi connectivity index (χ1) is 14.9. The summed E-state index contributed by atoms with van der Waals surface area (Å²) in [6.45, 7) is 0.844. The van der Waals surface area contributed by atoms with Crippen molar-refractivity contribution in [3.05, 3.63) is 65.0 Å². The van der Waals surface area contributed by atoms with Crippen LogP contribution in [-0.4, -0.2) is 43.4 Å². The molecule has 0 saturated carbocycles. The second kappa shape index (κ2) is 8.52. The van der Waals surface area contributed by atoms with Gasteiger partial charge < -0.3 is 10.1 Å². The number of hydrogen-bond donors (Lipinski definition) is 1. The normalized spacial score (nSPS) is 14.6. The monoisotopic (exact) mass is 441 g/mol. The van der Waals surface area contributed by atoms with Crippen molar-refractivity contribution in [3.63, 3.8) is 0 Å². The molecule has 9 heteroatoms. The number of carbonyl (C=O) groups is 1. The quantitative estimate of drug-likeness (QED) is 0.634. The number of hydrogen-bond acceptors (Lipinski definition) is 5. The second-order valence-corrected chi connectivity index (χ2v) is 9.30. The van der Waals surface area contributed by atoms with E-state index >= 15 is 0 Å². The summed E-state index contributed by atoms with van der Waals surface area (Å²) >= 11 is 0. The minimum Gasteiger partial charge on any atom is -0.497 e. The smallest absolute Gasteiger partial charge is 0.251 e. The molecule has 0 atom stereocenters. The Kier molecular flexibility index (Phi) is 5.79. The van der Waals surface area contributed by atoms with Crippen LogP contribution in [-0.2, 0) is 21.4 Å². The number of aromatic nitrogens is 1. The van der Waals surface area contributed by atoms with Crippen LogP contribution in [0.4, 0.5) is 5.69 Å². The van der Waals surface area contributed by atoms with Crippen LogP contribution in [0.15, 0.2) is 64.3 Å². The van der Waals surface area contributed by atoms with Crippen LogP contribution in [0.25, 0.3) is 10.9 Å². The van der Waals surface area contributed by atoms with E-state index < -0.39 is 10.0 Å². The van der Waals surface area contributed by atoms with E-state index in [4.69, 9.17) is 4.74 Å². The van der Waals surface area contributed by atoms with Crippen molar-refractivity contribution >= 4 is 32.5 Å². The Morgan fingerprint density at radius 3 is 2.42 bits per heavy atom. The number of nitrogens with one attached hydrogen (secondary N) is 1. The van der Waals surface area contributed by atoms with Crippen molar-refractivity contribution in [2.45, 2.75) is 24.3 Å². The molecule has 2 heterocycles. The largest absolute Gasteiger partial charge is 0.497 e. The molecule has 3 aromatic rings. The highest BCUT2D eigenvalue weighted by Crippen LogP contribution is 2.24. The number of pyridine rings is 1. The zero-order valence-electron chi connectivity index (χ0n) is 17.1. The minimum atomic E-state index is -3.57. The summed E-state index contributed by atoms with van der Waals surface area (Å²) in [5.74, 6) is 0.302. The number of ether oxygens (including phenoxy) is 1. The number of rotatable bonds is 6. The van der Waals surface area contributed by atoms with Crippen LogP contribution in [0.1, 0.15) is 12.8 Å². The van der Waals surface area contributed by atoms with Crippen LogP contribution in [0.5, 0.6) is 5.75 Å². The van der Waals surface area contributed by atoms with Crippen molar-refractivity contribution in [2.75, 3.05) is 25.5 Å². The van der Waals surface area contributed by atoms with Gasteiger partial charge in [-0.05, 0) is 66.8 Å². The van der Waals surface area contributed by atoms with E-state index in [1.165, 1.54) is 21.0 Å². The maximum absolute atomic E-state index is 12.8. The third-order valence-electron chi connectivity index (χ3n) is 5.34. The molecule has 0 radical (unpaired) electrons. The van der Waals surface area contributed by atoms with Gasteiger partial charge in [-0.15, -0.1) is 0 Å². The SMILES string of the molecule is COc1ccc(NC(=O)Cn2c(=O)ccc3cc(S(=O)(=O)N4CCCC4)ccc32)cc1. The van der Waals surface area contributed by atoms with Crippen LogP contribution in [0.3, 0.4) is 0 Å². The molecule has 0 bridgehead atoms. The molecule has 1 amide bonds. The number of anilines is 1. The molecular formula is C22H23N3O5S. The van der Waals surface area contributed by atoms with Gasteiger partial charge in [0.2, 0.25) is 15.9 Å². The maximum Gasteiger partial charge on any atom is 0.251 e. The van der Waals surface area contributed by atoms with E-state index in [2.05, 4.69) is 5.32 Å². The first-order valence-electron chi connectivity index (χ1n) is 9.96. The second-order valence-electron chi connectivity index (χ2n) is 7.37. The lowest BCUT2D eigenvalue weighted by Gasteiger charge is -2.16. The molecule has 1 fully saturated rings. The van der Waals surface area contributed by atoms with Gasteiger partial charge in [0, 0.05) is 24.8 Å². The molecule has 1 aromatic heterocycles.